The number of ether oxygens (including phenoxy) is 14. The molecule has 35 atom stereocenters. The van der Waals surface area contributed by atoms with E-state index in [0.29, 0.717) is 11.4 Å². The average molecular weight is 1250 g/mol. The number of H-pyrrole nitrogens is 2. The lowest BCUT2D eigenvalue weighted by molar-refractivity contribution is -0.396. The van der Waals surface area contributed by atoms with E-state index in [2.05, 4.69) is 9.97 Å². The van der Waals surface area contributed by atoms with E-state index in [4.69, 9.17) is 66.3 Å². The van der Waals surface area contributed by atoms with E-state index in [1.165, 1.54) is 0 Å². The molecule has 2 aromatic rings. The Bertz CT molecular complexity index is 2340. The van der Waals surface area contributed by atoms with Crippen LogP contribution < -0.4 is 0 Å². The summed E-state index contributed by atoms with van der Waals surface area (Å²) in [5.41, 5.74) is 0.748. The molecule has 22 N–H and O–H groups in total. The Kier molecular flexibility index (Phi) is 21.5. The maximum absolute atomic E-state index is 12.1. The highest BCUT2D eigenvalue weighted by Crippen LogP contribution is 2.42. The molecule has 21 aliphatic rings. The fourth-order valence-electron chi connectivity index (χ4n) is 12.1. The van der Waals surface area contributed by atoms with E-state index < -0.39 is 261 Å². The molecule has 21 aliphatic heterocycles. The lowest BCUT2D eigenvalue weighted by Gasteiger charge is -2.50. The molecule has 86 heavy (non-hydrogen) atoms. The van der Waals surface area contributed by atoms with Crippen LogP contribution in [-0.2, 0) is 66.3 Å². The van der Waals surface area contributed by atoms with Gasteiger partial charge in [-0.2, -0.15) is 0 Å². The highest BCUT2D eigenvalue weighted by molar-refractivity contribution is 5.27. The van der Waals surface area contributed by atoms with Crippen molar-refractivity contribution in [1.29, 1.82) is 0 Å². The van der Waals surface area contributed by atoms with Crippen LogP contribution in [0.15, 0.2) is 36.7 Å². The number of aliphatic hydroxyl groups excluding tert-OH is 20. The van der Waals surface area contributed by atoms with E-state index in [0.717, 1.165) is 0 Å². The van der Waals surface area contributed by atoms with E-state index in [1.807, 2.05) is 0 Å². The first-order valence-electron chi connectivity index (χ1n) is 27.8. The second-order valence-corrected chi connectivity index (χ2v) is 22.1. The van der Waals surface area contributed by atoms with Gasteiger partial charge in [0.15, 0.2) is 44.0 Å². The summed E-state index contributed by atoms with van der Waals surface area (Å²) in [6, 6.07) is 6.45. The van der Waals surface area contributed by atoms with Crippen molar-refractivity contribution in [3.05, 3.63) is 48.0 Å². The zero-order valence-corrected chi connectivity index (χ0v) is 45.2. The van der Waals surface area contributed by atoms with Crippen LogP contribution in [-0.4, -0.2) is 367 Å². The minimum atomic E-state index is -2.21. The Morgan fingerprint density at radius 1 is 0.267 bits per heavy atom. The summed E-state index contributed by atoms with van der Waals surface area (Å²) in [4.78, 5) is 6.08. The number of nitrogens with one attached hydrogen (secondary N) is 2. The van der Waals surface area contributed by atoms with Crippen molar-refractivity contribution in [2.24, 2.45) is 0 Å². The van der Waals surface area contributed by atoms with Crippen LogP contribution in [0.5, 0.6) is 0 Å². The summed E-state index contributed by atoms with van der Waals surface area (Å²) in [5, 5.41) is 225. The van der Waals surface area contributed by atoms with Crippen molar-refractivity contribution in [3.8, 4) is 0 Å². The Balaban J connectivity index is 0.973. The molecule has 0 radical (unpaired) electrons. The normalized spacial score (nSPS) is 50.9. The predicted octanol–water partition coefficient (Wildman–Crippen LogP) is -12.7. The van der Waals surface area contributed by atoms with Gasteiger partial charge < -0.3 is 178 Å². The summed E-state index contributed by atoms with van der Waals surface area (Å²) in [6.07, 6.45) is -67.1. The van der Waals surface area contributed by atoms with Gasteiger partial charge in [0.1, 0.15) is 171 Å². The smallest absolute Gasteiger partial charge is 0.187 e. The predicted molar refractivity (Wildman–Crippen MR) is 265 cm³/mol. The molecule has 0 unspecified atom stereocenters. The minimum Gasteiger partial charge on any atom is -0.394 e. The molecule has 0 spiro atoms. The van der Waals surface area contributed by atoms with Gasteiger partial charge in [-0.15, -0.1) is 0 Å². The second-order valence-electron chi connectivity index (χ2n) is 22.1. The first-order valence-corrected chi connectivity index (χ1v) is 27.8. The van der Waals surface area contributed by atoms with Crippen LogP contribution in [0.2, 0.25) is 0 Å². The number of aromatic amines is 2. The first-order chi connectivity index (χ1) is 41.2. The number of hydrogen-bond donors (Lipinski definition) is 22. The van der Waals surface area contributed by atoms with Crippen LogP contribution in [0.3, 0.4) is 0 Å². The topological polar surface area (TPSA) is 565 Å². The van der Waals surface area contributed by atoms with Gasteiger partial charge in [0.25, 0.3) is 0 Å². The van der Waals surface area contributed by atoms with Gasteiger partial charge in [-0.05, 0) is 24.3 Å². The summed E-state index contributed by atoms with van der Waals surface area (Å²) in [7, 11) is 0. The molecule has 36 heteroatoms. The third-order valence-electron chi connectivity index (χ3n) is 16.8. The van der Waals surface area contributed by atoms with Crippen molar-refractivity contribution >= 4 is 0 Å². The third-order valence-corrected chi connectivity index (χ3v) is 16.8. The molecular weight excluding hydrogens is 1170 g/mol. The molecule has 36 nitrogen and oxygen atoms in total. The standard InChI is InChI=1S/C50H76N2O34/c53-7-15-36-23(60)30(67)45(74-15)81-38-17(9-55)76-47(32(69)25(38)62)83-40-19(11-57)78-49(34(71)27(40)64)86-43-28(65)35(72)50(85-42(43)21(13-3-1-5-51-13)14-4-2-6-52-14)84-41-20(12-58)77-48(33(70)26(41)63)82-39-18(10-56)75-46(31(68)24(39)61)80-37-16(8-54)73-44(79-36)29(66)22(37)59/h1-6,15-72H,7-12H2/t15-,16-,17-,18-,19-,20-,22-,23-,24-,25-,26-,27-,28-,29-,30-,31-,32-,33-,34-,35-,36-,37-,38-,39-,40-,41-,42-,43+,44-,45-,46-,47-,48-,49-,50+/m1/s1. The van der Waals surface area contributed by atoms with Crippen molar-refractivity contribution in [1.82, 2.24) is 9.97 Å². The SMILES string of the molecule is OC[C@H]1O[C@@H]2O[C@H]3[C@H](O)[C@@H](O)[C@@H](O[C@H]4[C@H](O)[C@@H](O)[C@@H](O[C@H]5[C@H](O)[C@@H](O)[C@@H](O[C@H]6[C@H](O)[C@@H](O)[C@@H](O[C@H]7[C@H](O)[C@@H](O)[C@@H](O[C@H]8[C@H](O)[C@@H](O)[C@@H](O[C@H]1[C@H](O)[C@H]2O)O[C@@H]8C(c1ccc[nH]1)c1ccc[nH]1)O[C@@H]7CO)O[C@@H]6CO)O[C@@H]5CO)O[C@@H]4CO)O[C@@H]3CO. The minimum absolute atomic E-state index is 0.374. The lowest BCUT2D eigenvalue weighted by Crippen LogP contribution is -2.68. The van der Waals surface area contributed by atoms with E-state index in [9.17, 15) is 102 Å². The summed E-state index contributed by atoms with van der Waals surface area (Å²) in [5.74, 6) is -1.07. The molecule has 21 fully saturated rings. The van der Waals surface area contributed by atoms with Gasteiger partial charge in [-0.3, -0.25) is 0 Å². The van der Waals surface area contributed by atoms with Crippen molar-refractivity contribution in [3.63, 3.8) is 0 Å². The second kappa shape index (κ2) is 28.0. The molecule has 2 aromatic heterocycles. The number of rotatable bonds is 9. The van der Waals surface area contributed by atoms with Gasteiger partial charge in [-0.25, -0.2) is 0 Å². The number of aliphatic hydroxyl groups is 20. The molecule has 0 amide bonds. The van der Waals surface area contributed by atoms with Crippen LogP contribution in [0.1, 0.15) is 17.3 Å². The molecule has 0 aromatic carbocycles. The maximum Gasteiger partial charge on any atom is 0.187 e. The fraction of sp³-hybridized carbons (Fsp3) is 0.840. The Morgan fingerprint density at radius 2 is 0.465 bits per heavy atom. The first kappa shape index (κ1) is 66.1. The summed E-state index contributed by atoms with van der Waals surface area (Å²) >= 11 is 0. The van der Waals surface area contributed by atoms with E-state index in [1.54, 1.807) is 36.7 Å². The van der Waals surface area contributed by atoms with E-state index in [-0.39, 0.29) is 0 Å². The molecule has 0 saturated carbocycles. The number of aromatic nitrogens is 2. The van der Waals surface area contributed by atoms with Crippen LogP contribution in [0.25, 0.3) is 0 Å². The lowest BCUT2D eigenvalue weighted by atomic mass is 9.85. The molecule has 490 valence electrons. The Morgan fingerprint density at radius 3 is 0.663 bits per heavy atom. The highest BCUT2D eigenvalue weighted by atomic mass is 16.8. The Hall–Kier alpha value is -2.80. The number of hydrogen-bond acceptors (Lipinski definition) is 34. The quantitative estimate of drug-likeness (QED) is 0.111. The molecular formula is C50H76N2O34. The van der Waals surface area contributed by atoms with Crippen LogP contribution >= 0.6 is 0 Å². The van der Waals surface area contributed by atoms with Crippen LogP contribution in [0.4, 0.5) is 0 Å². The molecule has 0 aliphatic carbocycles. The monoisotopic (exact) mass is 1250 g/mol. The zero-order chi connectivity index (χ0) is 61.7. The highest BCUT2D eigenvalue weighted by Gasteiger charge is 2.60. The molecule has 14 bridgehead atoms. The van der Waals surface area contributed by atoms with Crippen molar-refractivity contribution in [2.75, 3.05) is 39.6 Å². The van der Waals surface area contributed by atoms with E-state index >= 15 is 0 Å². The summed E-state index contributed by atoms with van der Waals surface area (Å²) < 4.78 is 82.3. The van der Waals surface area contributed by atoms with Crippen LogP contribution in [0, 0.1) is 0 Å². The largest absolute Gasteiger partial charge is 0.394 e. The average Bonchev–Trinajstić information content (AvgIpc) is 1.60. The van der Waals surface area contributed by atoms with Crippen molar-refractivity contribution in [2.45, 2.75) is 221 Å². The zero-order valence-electron chi connectivity index (χ0n) is 45.2. The Labute approximate surface area is 486 Å². The fourth-order valence-corrected chi connectivity index (χ4v) is 12.1. The molecule has 23 heterocycles. The van der Waals surface area contributed by atoms with Gasteiger partial charge >= 0.3 is 0 Å². The van der Waals surface area contributed by atoms with Gasteiger partial charge in [0.05, 0.1) is 45.6 Å². The van der Waals surface area contributed by atoms with Gasteiger partial charge in [0.2, 0.25) is 0 Å². The molecule has 23 rings (SSSR count). The van der Waals surface area contributed by atoms with Gasteiger partial charge in [-0.1, -0.05) is 0 Å². The maximum atomic E-state index is 12.1. The van der Waals surface area contributed by atoms with Crippen molar-refractivity contribution < 1.29 is 168 Å². The third kappa shape index (κ3) is 12.6. The van der Waals surface area contributed by atoms with Gasteiger partial charge in [0, 0.05) is 23.8 Å². The summed E-state index contributed by atoms with van der Waals surface area (Å²) in [6.45, 7) is -6.26. The molecule has 21 saturated heterocycles.